The molecule has 5 heterocycles. The van der Waals surface area contributed by atoms with Gasteiger partial charge in [0.1, 0.15) is 0 Å². The van der Waals surface area contributed by atoms with Gasteiger partial charge in [0.05, 0.1) is 0 Å². The molecule has 56 heavy (non-hydrogen) atoms. The van der Waals surface area contributed by atoms with E-state index < -0.39 is 52.7 Å². The van der Waals surface area contributed by atoms with E-state index in [4.69, 9.17) is 32.9 Å². The summed E-state index contributed by atoms with van der Waals surface area (Å²) in [5.74, 6) is 0. The molecule has 0 aromatic rings. The summed E-state index contributed by atoms with van der Waals surface area (Å²) in [6.07, 6.45) is 35.2. The predicted molar refractivity (Wildman–Crippen MR) is 232 cm³/mol. The van der Waals surface area contributed by atoms with Crippen LogP contribution in [0.1, 0.15) is 193 Å². The molecule has 10 nitrogen and oxygen atoms in total. The van der Waals surface area contributed by atoms with Crippen LogP contribution in [0.15, 0.2) is 0 Å². The molecule has 4 bridgehead atoms. The van der Waals surface area contributed by atoms with Crippen molar-refractivity contribution in [3.8, 4) is 0 Å². The molecule has 0 unspecified atom stereocenters. The van der Waals surface area contributed by atoms with E-state index in [9.17, 15) is 0 Å². The van der Waals surface area contributed by atoms with Gasteiger partial charge >= 0.3 is 52.7 Å². The first kappa shape index (κ1) is 42.2. The van der Waals surface area contributed by atoms with Gasteiger partial charge < -0.3 is 32.9 Å². The smallest absolute Gasteiger partial charge is 0.382 e. The zero-order chi connectivity index (χ0) is 38.5. The van der Waals surface area contributed by atoms with Crippen LogP contribution in [0.4, 0.5) is 0 Å². The van der Waals surface area contributed by atoms with Crippen LogP contribution >= 0.6 is 0 Å². The second-order valence-electron chi connectivity index (χ2n) is 20.3. The molecule has 6 aliphatic carbocycles. The molecule has 0 spiro atoms. The van der Waals surface area contributed by atoms with Crippen molar-refractivity contribution in [1.29, 1.82) is 0 Å². The van der Waals surface area contributed by atoms with Crippen LogP contribution in [0.25, 0.3) is 0 Å². The fraction of sp³-hybridized carbons (Fsp3) is 1.00. The molecule has 11 fully saturated rings. The van der Waals surface area contributed by atoms with E-state index in [1.165, 1.54) is 116 Å². The van der Waals surface area contributed by atoms with Crippen molar-refractivity contribution >= 4 is 52.7 Å². The second-order valence-corrected chi connectivity index (χ2v) is 40.9. The number of hydrogen-bond acceptors (Lipinski definition) is 10. The van der Waals surface area contributed by atoms with Crippen molar-refractivity contribution in [3.63, 3.8) is 0 Å². The zero-order valence-corrected chi connectivity index (χ0v) is 41.8. The summed E-state index contributed by atoms with van der Waals surface area (Å²) >= 11 is 0. The Morgan fingerprint density at radius 2 is 0.429 bits per heavy atom. The molecule has 0 aromatic heterocycles. The van der Waals surface area contributed by atoms with Crippen molar-refractivity contribution < 1.29 is 32.9 Å². The lowest BCUT2D eigenvalue weighted by atomic mass is 10.0. The molecule has 320 valence electrons. The fourth-order valence-electron chi connectivity index (χ4n) is 13.1. The van der Waals surface area contributed by atoms with E-state index in [0.29, 0.717) is 11.1 Å². The third-order valence-corrected chi connectivity index (χ3v) is 46.6. The summed E-state index contributed by atoms with van der Waals surface area (Å²) in [5, 5.41) is 0. The van der Waals surface area contributed by atoms with E-state index in [-0.39, 0.29) is 22.2 Å². The van der Waals surface area contributed by atoms with Crippen LogP contribution in [-0.2, 0) is 32.9 Å². The summed E-state index contributed by atoms with van der Waals surface area (Å²) < 4.78 is 72.9. The largest absolute Gasteiger partial charge is 0.481 e. The lowest BCUT2D eigenvalue weighted by Gasteiger charge is -2.66. The summed E-state index contributed by atoms with van der Waals surface area (Å²) in [6.45, 7) is 0. The van der Waals surface area contributed by atoms with Crippen LogP contribution < -0.4 is 0 Å². The topological polar surface area (TPSA) is 80.3 Å². The highest BCUT2D eigenvalue weighted by atomic mass is 28.6. The standard InChI is InChI=1S/C40H78N2O8Si6/c1-41(2)51(35-23-11-5-12-24-35)43-53(37-27-15-7-16-28-37)47-55(39-31-19-9-20-32-39)45-52(42(3)4,36-25-13-6-14-26-36)46-56(48-53,40-33-21-10-22-34-40)50-54(44-51,49-55)38-29-17-8-18-30-38/h35-40H,5-34H2,1-4H3. The number of rotatable bonds is 8. The molecule has 0 radical (unpaired) electrons. The Morgan fingerprint density at radius 3 is 0.607 bits per heavy atom. The molecule has 16 heteroatoms. The quantitative estimate of drug-likeness (QED) is 0.220. The Bertz CT molecular complexity index is 1140. The van der Waals surface area contributed by atoms with Gasteiger partial charge in [0.25, 0.3) is 0 Å². The highest BCUT2D eigenvalue weighted by Crippen LogP contribution is 2.62. The van der Waals surface area contributed by atoms with E-state index >= 15 is 0 Å². The molecule has 11 aliphatic rings. The van der Waals surface area contributed by atoms with Gasteiger partial charge in [-0.3, -0.25) is 9.13 Å². The number of hydrogen-bond donors (Lipinski definition) is 0. The maximum Gasteiger partial charge on any atom is 0.481 e. The maximum absolute atomic E-state index is 8.55. The van der Waals surface area contributed by atoms with Gasteiger partial charge in [0.15, 0.2) is 0 Å². The van der Waals surface area contributed by atoms with Gasteiger partial charge in [0.2, 0.25) is 0 Å². The molecule has 11 rings (SSSR count). The summed E-state index contributed by atoms with van der Waals surface area (Å²) in [4.78, 5) is 0. The minimum atomic E-state index is -3.70. The van der Waals surface area contributed by atoms with Crippen LogP contribution in [0.5, 0.6) is 0 Å². The molecule has 0 amide bonds. The van der Waals surface area contributed by atoms with Crippen molar-refractivity contribution in [1.82, 2.24) is 9.13 Å². The molecule has 5 aliphatic heterocycles. The maximum atomic E-state index is 8.55. The fourth-order valence-corrected chi connectivity index (χ4v) is 55.3. The Labute approximate surface area is 347 Å². The molecule has 0 N–H and O–H groups in total. The minimum Gasteiger partial charge on any atom is -0.382 e. The van der Waals surface area contributed by atoms with Crippen molar-refractivity contribution in [2.24, 2.45) is 0 Å². The predicted octanol–water partition coefficient (Wildman–Crippen LogP) is 10.9. The zero-order valence-electron chi connectivity index (χ0n) is 35.8. The van der Waals surface area contributed by atoms with Crippen molar-refractivity contribution in [2.45, 2.75) is 226 Å². The molecular formula is C40H78N2O8Si6. The van der Waals surface area contributed by atoms with Crippen molar-refractivity contribution in [2.75, 3.05) is 28.2 Å². The SMILES string of the molecule is CN(C)[Si]1(C2CCCCC2)O[Si]2(C3CCCCC3)O[Si]3(C4CCCCC4)O[Si](C4CCCCC4)(O[Si](C4CCCCC4)(O2)O[Si](C2CCCCC2)(N(C)C)O3)O1. The minimum absolute atomic E-state index is 0.186. The molecule has 0 aromatic carbocycles. The molecule has 0 atom stereocenters. The Hall–Kier alpha value is 0.901. The van der Waals surface area contributed by atoms with Gasteiger partial charge in [-0.25, -0.2) is 0 Å². The van der Waals surface area contributed by atoms with Gasteiger partial charge in [0, 0.05) is 33.2 Å². The van der Waals surface area contributed by atoms with Gasteiger partial charge in [-0.05, 0) is 105 Å². The monoisotopic (exact) mass is 882 g/mol. The third-order valence-electron chi connectivity index (χ3n) is 16.2. The third kappa shape index (κ3) is 7.60. The Balaban J connectivity index is 1.33. The summed E-state index contributed by atoms with van der Waals surface area (Å²) in [5.41, 5.74) is 1.39. The van der Waals surface area contributed by atoms with Crippen LogP contribution in [0.2, 0.25) is 33.2 Å². The highest BCUT2D eigenvalue weighted by Gasteiger charge is 2.83. The van der Waals surface area contributed by atoms with E-state index in [1.807, 2.05) is 0 Å². The van der Waals surface area contributed by atoms with Crippen LogP contribution in [0, 0.1) is 0 Å². The lowest BCUT2D eigenvalue weighted by Crippen LogP contribution is -2.89. The van der Waals surface area contributed by atoms with Crippen LogP contribution in [-0.4, -0.2) is 90.0 Å². The normalized spacial score (nSPS) is 43.8. The van der Waals surface area contributed by atoms with Gasteiger partial charge in [-0.2, -0.15) is 0 Å². The lowest BCUT2D eigenvalue weighted by molar-refractivity contribution is -0.0164. The van der Waals surface area contributed by atoms with Gasteiger partial charge in [-0.15, -0.1) is 0 Å². The first-order valence-electron chi connectivity index (χ1n) is 24.1. The number of nitrogens with zero attached hydrogens (tertiary/aromatic N) is 2. The first-order chi connectivity index (χ1) is 27.2. The van der Waals surface area contributed by atoms with E-state index in [2.05, 4.69) is 37.3 Å². The average Bonchev–Trinajstić information content (AvgIpc) is 3.22. The van der Waals surface area contributed by atoms with Crippen molar-refractivity contribution in [3.05, 3.63) is 0 Å². The van der Waals surface area contributed by atoms with Crippen LogP contribution in [0.3, 0.4) is 0 Å². The molecular weight excluding hydrogens is 805 g/mol. The average molecular weight is 884 g/mol. The summed E-state index contributed by atoms with van der Waals surface area (Å²) in [6, 6.07) is 0. The van der Waals surface area contributed by atoms with E-state index in [1.54, 1.807) is 0 Å². The highest BCUT2D eigenvalue weighted by molar-refractivity contribution is 7.01. The first-order valence-corrected chi connectivity index (χ1v) is 35.0. The second kappa shape index (κ2) is 17.2. The Kier molecular flexibility index (Phi) is 13.0. The Morgan fingerprint density at radius 1 is 0.250 bits per heavy atom. The molecule has 5 saturated heterocycles. The van der Waals surface area contributed by atoms with E-state index in [0.717, 1.165) is 77.0 Å². The molecule has 6 saturated carbocycles. The summed E-state index contributed by atoms with van der Waals surface area (Å²) in [7, 11) is -12.3. The van der Waals surface area contributed by atoms with Gasteiger partial charge in [-0.1, -0.05) is 116 Å². The number of fused-ring (bicyclic) bond motifs is 4.